The molecule has 0 saturated heterocycles. The fraction of sp³-hybridized carbons (Fsp3) is 0.190. The maximum atomic E-state index is 12.3. The summed E-state index contributed by atoms with van der Waals surface area (Å²) in [6.45, 7) is 2.26. The molecule has 0 aliphatic rings. The van der Waals surface area contributed by atoms with Crippen molar-refractivity contribution < 1.29 is 13.5 Å². The van der Waals surface area contributed by atoms with E-state index in [0.29, 0.717) is 22.3 Å². The fourth-order valence-corrected chi connectivity index (χ4v) is 4.85. The molecule has 1 atom stereocenters. The van der Waals surface area contributed by atoms with Crippen molar-refractivity contribution in [1.82, 2.24) is 9.71 Å². The maximum Gasteiger partial charge on any atom is 0.266 e. The third-order valence-electron chi connectivity index (χ3n) is 4.99. The average molecular weight is 429 g/mol. The Hall–Kier alpha value is -2.68. The predicted octanol–water partition coefficient (Wildman–Crippen LogP) is 3.77. The number of hydrogen-bond acceptors (Lipinski definition) is 5. The largest absolute Gasteiger partial charge is 0.507 e. The van der Waals surface area contributed by atoms with Crippen molar-refractivity contribution in [3.63, 3.8) is 0 Å². The summed E-state index contributed by atoms with van der Waals surface area (Å²) in [6.07, 6.45) is 1.14. The lowest BCUT2D eigenvalue weighted by molar-refractivity contribution is 0.478. The van der Waals surface area contributed by atoms with E-state index in [2.05, 4.69) is 9.71 Å². The number of H-pyrrole nitrogens is 1. The van der Waals surface area contributed by atoms with Gasteiger partial charge < -0.3 is 10.1 Å². The summed E-state index contributed by atoms with van der Waals surface area (Å²) in [7, 11) is -3.24. The predicted molar refractivity (Wildman–Crippen MR) is 118 cm³/mol. The van der Waals surface area contributed by atoms with Gasteiger partial charge >= 0.3 is 0 Å². The first-order valence-electron chi connectivity index (χ1n) is 9.05. The molecule has 2 heterocycles. The number of aromatic hydroxyl groups is 1. The van der Waals surface area contributed by atoms with Crippen LogP contribution >= 0.6 is 11.3 Å². The Bertz CT molecular complexity index is 1370. The zero-order valence-electron chi connectivity index (χ0n) is 15.9. The highest BCUT2D eigenvalue weighted by molar-refractivity contribution is 7.88. The molecule has 0 fully saturated rings. The quantitative estimate of drug-likeness (QED) is 0.451. The van der Waals surface area contributed by atoms with Crippen molar-refractivity contribution in [2.45, 2.75) is 12.8 Å². The van der Waals surface area contributed by atoms with Crippen LogP contribution in [0.1, 0.15) is 18.4 Å². The highest BCUT2D eigenvalue weighted by atomic mass is 32.2. The Morgan fingerprint density at radius 3 is 2.55 bits per heavy atom. The summed E-state index contributed by atoms with van der Waals surface area (Å²) >= 11 is 1.37. The molecular formula is C21H20N2O4S2. The van der Waals surface area contributed by atoms with Gasteiger partial charge in [0, 0.05) is 28.4 Å². The van der Waals surface area contributed by atoms with Crippen LogP contribution in [0.3, 0.4) is 0 Å². The monoisotopic (exact) mass is 428 g/mol. The van der Waals surface area contributed by atoms with Crippen molar-refractivity contribution in [3.05, 3.63) is 63.8 Å². The van der Waals surface area contributed by atoms with E-state index >= 15 is 0 Å². The number of nitrogens with one attached hydrogen (secondary N) is 2. The van der Waals surface area contributed by atoms with E-state index in [1.165, 1.54) is 11.3 Å². The second-order valence-corrected chi connectivity index (χ2v) is 9.89. The number of aromatic amines is 1. The van der Waals surface area contributed by atoms with Crippen molar-refractivity contribution in [2.24, 2.45) is 0 Å². The summed E-state index contributed by atoms with van der Waals surface area (Å²) in [5.74, 6) is 0.136. The van der Waals surface area contributed by atoms with Crippen LogP contribution in [0.2, 0.25) is 0 Å². The molecule has 3 N–H and O–H groups in total. The summed E-state index contributed by atoms with van der Waals surface area (Å²) in [4.78, 5) is 15.2. The molecular weight excluding hydrogens is 408 g/mol. The van der Waals surface area contributed by atoms with Gasteiger partial charge in [0.1, 0.15) is 10.4 Å². The van der Waals surface area contributed by atoms with Crippen molar-refractivity contribution in [1.29, 1.82) is 0 Å². The fourth-order valence-electron chi connectivity index (χ4n) is 3.50. The minimum atomic E-state index is -3.24. The number of fused-ring (bicyclic) bond motifs is 3. The lowest BCUT2D eigenvalue weighted by Gasteiger charge is -2.14. The van der Waals surface area contributed by atoms with Gasteiger partial charge in [-0.3, -0.25) is 4.79 Å². The van der Waals surface area contributed by atoms with E-state index in [4.69, 9.17) is 0 Å². The van der Waals surface area contributed by atoms with Crippen LogP contribution in [0, 0.1) is 0 Å². The van der Waals surface area contributed by atoms with Crippen molar-refractivity contribution in [2.75, 3.05) is 12.8 Å². The first-order valence-corrected chi connectivity index (χ1v) is 11.8. The standard InChI is InChI=1S/C21H20N2O4S2/c1-12(11-22-29(2,26)27)13-3-5-14(6-4-13)18-17(24)8-7-16-19(18)15-9-10-28-20(15)21(25)23-16/h3-10,12,22,24H,11H2,1-2H3,(H,23,25)/t12-/m0/s1. The molecule has 2 aromatic heterocycles. The van der Waals surface area contributed by atoms with Gasteiger partial charge in [0.05, 0.1) is 6.26 Å². The van der Waals surface area contributed by atoms with Gasteiger partial charge in [0.25, 0.3) is 5.56 Å². The van der Waals surface area contributed by atoms with Gasteiger partial charge in [-0.15, -0.1) is 11.3 Å². The average Bonchev–Trinajstić information content (AvgIpc) is 3.17. The van der Waals surface area contributed by atoms with Gasteiger partial charge in [-0.25, -0.2) is 13.1 Å². The number of rotatable bonds is 5. The van der Waals surface area contributed by atoms with Crippen LogP contribution in [-0.2, 0) is 10.0 Å². The minimum Gasteiger partial charge on any atom is -0.507 e. The van der Waals surface area contributed by atoms with E-state index in [0.717, 1.165) is 28.2 Å². The first-order chi connectivity index (χ1) is 13.7. The number of pyridine rings is 1. The molecule has 0 amide bonds. The van der Waals surface area contributed by atoms with E-state index in [9.17, 15) is 18.3 Å². The second kappa shape index (κ2) is 7.29. The van der Waals surface area contributed by atoms with Crippen LogP contribution < -0.4 is 10.3 Å². The first kappa shape index (κ1) is 19.6. The minimum absolute atomic E-state index is 0.000162. The Kier molecular flexibility index (Phi) is 4.94. The summed E-state index contributed by atoms with van der Waals surface area (Å²) in [6, 6.07) is 12.9. The molecule has 29 heavy (non-hydrogen) atoms. The van der Waals surface area contributed by atoms with Crippen LogP contribution in [-0.4, -0.2) is 31.3 Å². The third-order valence-corrected chi connectivity index (χ3v) is 6.60. The molecule has 6 nitrogen and oxygen atoms in total. The van der Waals surface area contributed by atoms with Gasteiger partial charge in [-0.05, 0) is 40.6 Å². The highest BCUT2D eigenvalue weighted by Crippen LogP contribution is 2.39. The summed E-state index contributed by atoms with van der Waals surface area (Å²) in [5, 5.41) is 14.1. The molecule has 8 heteroatoms. The SMILES string of the molecule is C[C@@H](CNS(C)(=O)=O)c1ccc(-c2c(O)ccc3[nH]c(=O)c4sccc4c23)cc1. The second-order valence-electron chi connectivity index (χ2n) is 7.14. The van der Waals surface area contributed by atoms with E-state index in [1.54, 1.807) is 12.1 Å². The molecule has 0 saturated carbocycles. The molecule has 0 unspecified atom stereocenters. The molecule has 0 aliphatic heterocycles. The smallest absolute Gasteiger partial charge is 0.266 e. The Labute approximate surface area is 171 Å². The molecule has 2 aromatic carbocycles. The number of aromatic nitrogens is 1. The molecule has 150 valence electrons. The Morgan fingerprint density at radius 2 is 1.86 bits per heavy atom. The van der Waals surface area contributed by atoms with E-state index in [-0.39, 0.29) is 17.2 Å². The normalized spacial score (nSPS) is 13.2. The van der Waals surface area contributed by atoms with Crippen LogP contribution in [0.25, 0.3) is 32.1 Å². The molecule has 0 spiro atoms. The zero-order valence-corrected chi connectivity index (χ0v) is 17.5. The molecule has 4 aromatic rings. The van der Waals surface area contributed by atoms with Crippen LogP contribution in [0.15, 0.2) is 52.6 Å². The molecule has 0 radical (unpaired) electrons. The maximum absolute atomic E-state index is 12.3. The van der Waals surface area contributed by atoms with Gasteiger partial charge in [0.15, 0.2) is 0 Å². The van der Waals surface area contributed by atoms with Crippen LogP contribution in [0.4, 0.5) is 0 Å². The number of phenols is 1. The molecule has 4 rings (SSSR count). The van der Waals surface area contributed by atoms with Gasteiger partial charge in [0.2, 0.25) is 10.0 Å². The number of benzene rings is 2. The summed E-state index contributed by atoms with van der Waals surface area (Å²) < 4.78 is 25.8. The topological polar surface area (TPSA) is 99.3 Å². The van der Waals surface area contributed by atoms with E-state index < -0.39 is 10.0 Å². The van der Waals surface area contributed by atoms with Crippen LogP contribution in [0.5, 0.6) is 5.75 Å². The Morgan fingerprint density at radius 1 is 1.14 bits per heavy atom. The van der Waals surface area contributed by atoms with Gasteiger partial charge in [-0.1, -0.05) is 31.2 Å². The molecule has 0 aliphatic carbocycles. The number of phenolic OH excluding ortho intramolecular Hbond substituents is 1. The van der Waals surface area contributed by atoms with Gasteiger partial charge in [-0.2, -0.15) is 0 Å². The van der Waals surface area contributed by atoms with Crippen molar-refractivity contribution in [3.8, 4) is 16.9 Å². The zero-order chi connectivity index (χ0) is 20.8. The highest BCUT2D eigenvalue weighted by Gasteiger charge is 2.16. The van der Waals surface area contributed by atoms with Crippen molar-refractivity contribution >= 4 is 42.3 Å². The van der Waals surface area contributed by atoms with E-state index in [1.807, 2.05) is 42.6 Å². The Balaban J connectivity index is 1.80. The lowest BCUT2D eigenvalue weighted by Crippen LogP contribution is -2.26. The number of thiophene rings is 1. The molecule has 0 bridgehead atoms. The lowest BCUT2D eigenvalue weighted by atomic mass is 9.94. The number of sulfonamides is 1. The third kappa shape index (κ3) is 3.78. The summed E-state index contributed by atoms with van der Waals surface area (Å²) in [5.41, 5.74) is 3.00. The number of hydrogen-bond donors (Lipinski definition) is 3.